The average molecular weight is 257 g/mol. The van der Waals surface area contributed by atoms with Crippen molar-refractivity contribution in [1.82, 2.24) is 5.32 Å². The van der Waals surface area contributed by atoms with Gasteiger partial charge in [0.25, 0.3) is 0 Å². The molecule has 2 aliphatic heterocycles. The first-order chi connectivity index (χ1) is 9.35. The smallest absolute Gasteiger partial charge is 0.0623 e. The maximum absolute atomic E-state index is 6.03. The van der Waals surface area contributed by atoms with Gasteiger partial charge in [0.15, 0.2) is 0 Å². The monoisotopic (exact) mass is 257 g/mol. The summed E-state index contributed by atoms with van der Waals surface area (Å²) in [4.78, 5) is 0. The first-order valence-electron chi connectivity index (χ1n) is 7.75. The molecule has 2 heterocycles. The van der Waals surface area contributed by atoms with E-state index in [0.29, 0.717) is 18.2 Å². The highest BCUT2D eigenvalue weighted by atomic mass is 16.5. The molecule has 0 spiro atoms. The van der Waals surface area contributed by atoms with Gasteiger partial charge < -0.3 is 10.1 Å². The molecular formula is C17H23NO. The SMILES string of the molecule is CNC(CC1Cc2ccccc21)C1CC2CCC1O2. The normalized spacial score (nSPS) is 36.9. The van der Waals surface area contributed by atoms with E-state index in [1.54, 1.807) is 11.1 Å². The molecule has 3 aliphatic rings. The number of fused-ring (bicyclic) bond motifs is 3. The molecule has 5 unspecified atom stereocenters. The third-order valence-electron chi connectivity index (χ3n) is 5.54. The van der Waals surface area contributed by atoms with Gasteiger partial charge in [0, 0.05) is 12.0 Å². The highest BCUT2D eigenvalue weighted by Crippen LogP contribution is 2.44. The van der Waals surface area contributed by atoms with Gasteiger partial charge in [-0.05, 0) is 56.2 Å². The van der Waals surface area contributed by atoms with Gasteiger partial charge in [-0.3, -0.25) is 0 Å². The Kier molecular flexibility index (Phi) is 2.89. The van der Waals surface area contributed by atoms with Crippen LogP contribution in [0.5, 0.6) is 0 Å². The van der Waals surface area contributed by atoms with Crippen LogP contribution in [0.3, 0.4) is 0 Å². The largest absolute Gasteiger partial charge is 0.375 e. The number of benzene rings is 1. The van der Waals surface area contributed by atoms with Crippen LogP contribution >= 0.6 is 0 Å². The molecule has 4 rings (SSSR count). The van der Waals surface area contributed by atoms with Crippen LogP contribution in [0.1, 0.15) is 42.7 Å². The topological polar surface area (TPSA) is 21.3 Å². The zero-order valence-corrected chi connectivity index (χ0v) is 11.6. The molecule has 0 amide bonds. The van der Waals surface area contributed by atoms with Crippen LogP contribution in [0.4, 0.5) is 0 Å². The molecule has 0 saturated carbocycles. The molecule has 1 N–H and O–H groups in total. The Bertz CT molecular complexity index is 472. The number of hydrogen-bond acceptors (Lipinski definition) is 2. The summed E-state index contributed by atoms with van der Waals surface area (Å²) >= 11 is 0. The maximum atomic E-state index is 6.03. The molecule has 1 aliphatic carbocycles. The summed E-state index contributed by atoms with van der Waals surface area (Å²) in [6, 6.07) is 9.57. The summed E-state index contributed by atoms with van der Waals surface area (Å²) in [6.45, 7) is 0. The van der Waals surface area contributed by atoms with Crippen LogP contribution in [-0.2, 0) is 11.2 Å². The van der Waals surface area contributed by atoms with E-state index >= 15 is 0 Å². The van der Waals surface area contributed by atoms with Gasteiger partial charge in [-0.25, -0.2) is 0 Å². The highest BCUT2D eigenvalue weighted by Gasteiger charge is 2.44. The zero-order valence-electron chi connectivity index (χ0n) is 11.6. The van der Waals surface area contributed by atoms with Gasteiger partial charge in [0.2, 0.25) is 0 Å². The number of hydrogen-bond donors (Lipinski definition) is 1. The number of nitrogens with one attached hydrogen (secondary N) is 1. The van der Waals surface area contributed by atoms with Crippen molar-refractivity contribution in [3.05, 3.63) is 35.4 Å². The second-order valence-corrected chi connectivity index (χ2v) is 6.50. The molecule has 0 aromatic heterocycles. The van der Waals surface area contributed by atoms with Gasteiger partial charge in [-0.15, -0.1) is 0 Å². The van der Waals surface area contributed by atoms with Crippen LogP contribution < -0.4 is 5.32 Å². The third kappa shape index (κ3) is 1.93. The summed E-state index contributed by atoms with van der Waals surface area (Å²) in [5, 5.41) is 3.58. The lowest BCUT2D eigenvalue weighted by Crippen LogP contribution is -2.41. The summed E-state index contributed by atoms with van der Waals surface area (Å²) in [7, 11) is 2.13. The molecule has 2 bridgehead atoms. The first-order valence-corrected chi connectivity index (χ1v) is 7.75. The Labute approximate surface area is 115 Å². The Hall–Kier alpha value is -0.860. The lowest BCUT2D eigenvalue weighted by molar-refractivity contribution is 0.0847. The Morgan fingerprint density at radius 3 is 2.89 bits per heavy atom. The first kappa shape index (κ1) is 11.9. The quantitative estimate of drug-likeness (QED) is 0.895. The van der Waals surface area contributed by atoms with Crippen LogP contribution in [0.25, 0.3) is 0 Å². The predicted octanol–water partition coefficient (Wildman–Crippen LogP) is 2.87. The lowest BCUT2D eigenvalue weighted by Gasteiger charge is -2.36. The molecule has 2 nitrogen and oxygen atoms in total. The van der Waals surface area contributed by atoms with E-state index in [1.807, 2.05) is 0 Å². The third-order valence-corrected chi connectivity index (χ3v) is 5.54. The summed E-state index contributed by atoms with van der Waals surface area (Å²) in [6.07, 6.45) is 7.53. The molecule has 19 heavy (non-hydrogen) atoms. The Morgan fingerprint density at radius 1 is 1.32 bits per heavy atom. The zero-order chi connectivity index (χ0) is 12.8. The maximum Gasteiger partial charge on any atom is 0.0623 e. The van der Waals surface area contributed by atoms with E-state index < -0.39 is 0 Å². The summed E-state index contributed by atoms with van der Waals surface area (Å²) in [5.74, 6) is 1.52. The minimum absolute atomic E-state index is 0.540. The van der Waals surface area contributed by atoms with Crippen molar-refractivity contribution >= 4 is 0 Å². The van der Waals surface area contributed by atoms with E-state index in [0.717, 1.165) is 11.8 Å². The van der Waals surface area contributed by atoms with Crippen molar-refractivity contribution in [2.45, 2.75) is 56.3 Å². The fraction of sp³-hybridized carbons (Fsp3) is 0.647. The summed E-state index contributed by atoms with van der Waals surface area (Å²) in [5.41, 5.74) is 3.15. The number of ether oxygens (including phenoxy) is 1. The number of rotatable bonds is 4. The lowest BCUT2D eigenvalue weighted by atomic mass is 9.71. The van der Waals surface area contributed by atoms with Crippen molar-refractivity contribution in [2.24, 2.45) is 5.92 Å². The highest BCUT2D eigenvalue weighted by molar-refractivity contribution is 5.40. The molecular weight excluding hydrogens is 234 g/mol. The van der Waals surface area contributed by atoms with Crippen molar-refractivity contribution in [2.75, 3.05) is 7.05 Å². The minimum Gasteiger partial charge on any atom is -0.375 e. The van der Waals surface area contributed by atoms with E-state index in [1.165, 1.54) is 32.1 Å². The fourth-order valence-corrected chi connectivity index (χ4v) is 4.49. The molecule has 102 valence electrons. The van der Waals surface area contributed by atoms with Crippen molar-refractivity contribution < 1.29 is 4.74 Å². The second-order valence-electron chi connectivity index (χ2n) is 6.50. The van der Waals surface area contributed by atoms with Crippen LogP contribution in [-0.4, -0.2) is 25.3 Å². The van der Waals surface area contributed by atoms with Crippen LogP contribution in [0, 0.1) is 5.92 Å². The molecule has 1 aromatic carbocycles. The summed E-state index contributed by atoms with van der Waals surface area (Å²) < 4.78 is 6.03. The van der Waals surface area contributed by atoms with Gasteiger partial charge in [0.05, 0.1) is 12.2 Å². The molecule has 2 saturated heterocycles. The second kappa shape index (κ2) is 4.60. The Balaban J connectivity index is 1.44. The van der Waals surface area contributed by atoms with E-state index in [9.17, 15) is 0 Å². The average Bonchev–Trinajstić information content (AvgIpc) is 3.03. The van der Waals surface area contributed by atoms with E-state index in [-0.39, 0.29) is 0 Å². The molecule has 2 heteroatoms. The predicted molar refractivity (Wildman–Crippen MR) is 76.4 cm³/mol. The van der Waals surface area contributed by atoms with Gasteiger partial charge in [-0.2, -0.15) is 0 Å². The van der Waals surface area contributed by atoms with Gasteiger partial charge >= 0.3 is 0 Å². The van der Waals surface area contributed by atoms with E-state index in [2.05, 4.69) is 36.6 Å². The fourth-order valence-electron chi connectivity index (χ4n) is 4.49. The molecule has 0 radical (unpaired) electrons. The van der Waals surface area contributed by atoms with Crippen LogP contribution in [0.2, 0.25) is 0 Å². The van der Waals surface area contributed by atoms with E-state index in [4.69, 9.17) is 4.74 Å². The molecule has 5 atom stereocenters. The standard InChI is InChI=1S/C17H23NO/c1-18-16(15-10-13-6-7-17(15)19-13)9-12-8-11-4-2-3-5-14(11)12/h2-5,12-13,15-18H,6-10H2,1H3. The van der Waals surface area contributed by atoms with Crippen LogP contribution in [0.15, 0.2) is 24.3 Å². The molecule has 1 aromatic rings. The van der Waals surface area contributed by atoms with Crippen molar-refractivity contribution in [3.63, 3.8) is 0 Å². The van der Waals surface area contributed by atoms with Gasteiger partial charge in [0.1, 0.15) is 0 Å². The van der Waals surface area contributed by atoms with Crippen molar-refractivity contribution in [1.29, 1.82) is 0 Å². The molecule has 2 fully saturated rings. The van der Waals surface area contributed by atoms with Gasteiger partial charge in [-0.1, -0.05) is 24.3 Å². The minimum atomic E-state index is 0.540. The van der Waals surface area contributed by atoms with Crippen molar-refractivity contribution in [3.8, 4) is 0 Å². The Morgan fingerprint density at radius 2 is 2.21 bits per heavy atom.